The fraction of sp³-hybridized carbons (Fsp3) is 0. The maximum Gasteiger partial charge on any atom is 0.114 e. The van der Waals surface area contributed by atoms with Crippen LogP contribution in [0.25, 0.3) is 83.3 Å². The molecule has 0 aliphatic heterocycles. The van der Waals surface area contributed by atoms with Gasteiger partial charge in [-0.25, -0.2) is 9.97 Å². The number of pyridine rings is 2. The summed E-state index contributed by atoms with van der Waals surface area (Å²) in [5.74, 6) is 0. The topological polar surface area (TPSA) is 56.5 Å². The van der Waals surface area contributed by atoms with Gasteiger partial charge in [-0.15, -0.1) is 10.2 Å². The zero-order valence-electron chi connectivity index (χ0n) is 25.3. The Hall–Kier alpha value is -6.46. The van der Waals surface area contributed by atoms with E-state index >= 15 is 0 Å². The second-order valence-electron chi connectivity index (χ2n) is 11.6. The normalized spacial score (nSPS) is 11.4. The summed E-state index contributed by atoms with van der Waals surface area (Å²) in [4.78, 5) is 12.1. The fourth-order valence-corrected chi connectivity index (χ4v) is 6.28. The third kappa shape index (κ3) is 4.91. The van der Waals surface area contributed by atoms with E-state index in [0.29, 0.717) is 0 Å². The van der Waals surface area contributed by atoms with Gasteiger partial charge in [-0.05, 0) is 76.9 Å². The molecule has 9 aromatic rings. The van der Waals surface area contributed by atoms with Crippen LogP contribution < -0.4 is 0 Å². The Balaban J connectivity index is 1.19. The van der Waals surface area contributed by atoms with Gasteiger partial charge in [0.2, 0.25) is 0 Å². The molecule has 0 atom stereocenters. The second-order valence-corrected chi connectivity index (χ2v) is 11.6. The molecule has 0 fully saturated rings. The molecule has 0 amide bonds. The van der Waals surface area contributed by atoms with Crippen LogP contribution in [-0.4, -0.2) is 25.0 Å². The molecule has 0 N–H and O–H groups in total. The first-order valence-electron chi connectivity index (χ1n) is 15.7. The highest BCUT2D eigenvalue weighted by Crippen LogP contribution is 2.37. The Morgan fingerprint density at radius 2 is 0.979 bits per heavy atom. The maximum atomic E-state index is 5.26. The molecule has 6 aromatic carbocycles. The van der Waals surface area contributed by atoms with Crippen molar-refractivity contribution in [3.05, 3.63) is 164 Å². The van der Waals surface area contributed by atoms with Gasteiger partial charge in [-0.1, -0.05) is 109 Å². The average molecular weight is 602 g/mol. The molecule has 0 radical (unpaired) electrons. The zero-order valence-corrected chi connectivity index (χ0v) is 25.3. The van der Waals surface area contributed by atoms with Crippen molar-refractivity contribution in [1.29, 1.82) is 0 Å². The van der Waals surface area contributed by atoms with Gasteiger partial charge >= 0.3 is 0 Å². The zero-order chi connectivity index (χ0) is 31.2. The molecule has 5 nitrogen and oxygen atoms in total. The molecule has 0 saturated heterocycles. The SMILES string of the molecule is c1ccc(-c2ccc3cc(-c4cccc(-c5ccc6nn(-c7ccccc7)nc6c5)c4)c4ccc(-c5ccccc5)nc4c3n2)cc1. The summed E-state index contributed by atoms with van der Waals surface area (Å²) in [5, 5.41) is 11.6. The minimum absolute atomic E-state index is 0.853. The summed E-state index contributed by atoms with van der Waals surface area (Å²) in [5.41, 5.74) is 12.9. The van der Waals surface area contributed by atoms with Gasteiger partial charge in [0.15, 0.2) is 0 Å². The van der Waals surface area contributed by atoms with Gasteiger partial charge in [0, 0.05) is 21.9 Å². The molecule has 3 aromatic heterocycles. The molecule has 220 valence electrons. The monoisotopic (exact) mass is 601 g/mol. The van der Waals surface area contributed by atoms with E-state index in [-0.39, 0.29) is 0 Å². The van der Waals surface area contributed by atoms with Crippen LogP contribution in [0.4, 0.5) is 0 Å². The summed E-state index contributed by atoms with van der Waals surface area (Å²) in [6.07, 6.45) is 0. The third-order valence-electron chi connectivity index (χ3n) is 8.65. The molecule has 0 aliphatic carbocycles. The molecule has 0 unspecified atom stereocenters. The Morgan fingerprint density at radius 1 is 0.383 bits per heavy atom. The van der Waals surface area contributed by atoms with Crippen LogP contribution in [0.1, 0.15) is 0 Å². The average Bonchev–Trinajstić information content (AvgIpc) is 3.59. The largest absolute Gasteiger partial charge is 0.245 e. The molecule has 3 heterocycles. The molecule has 0 bridgehead atoms. The fourth-order valence-electron chi connectivity index (χ4n) is 6.28. The van der Waals surface area contributed by atoms with E-state index in [2.05, 4.69) is 91.0 Å². The van der Waals surface area contributed by atoms with Gasteiger partial charge in [0.05, 0.1) is 28.1 Å². The number of hydrogen-bond donors (Lipinski definition) is 0. The Bertz CT molecular complexity index is 2560. The van der Waals surface area contributed by atoms with Crippen molar-refractivity contribution < 1.29 is 0 Å². The number of hydrogen-bond acceptors (Lipinski definition) is 4. The highest BCUT2D eigenvalue weighted by atomic mass is 15.5. The number of fused-ring (bicyclic) bond motifs is 4. The van der Waals surface area contributed by atoms with Crippen molar-refractivity contribution in [3.63, 3.8) is 0 Å². The molecule has 47 heavy (non-hydrogen) atoms. The molecular weight excluding hydrogens is 574 g/mol. The van der Waals surface area contributed by atoms with Crippen LogP contribution in [0, 0.1) is 0 Å². The summed E-state index contributed by atoms with van der Waals surface area (Å²) >= 11 is 0. The lowest BCUT2D eigenvalue weighted by Crippen LogP contribution is -1.97. The molecule has 0 saturated carbocycles. The van der Waals surface area contributed by atoms with Gasteiger partial charge in [0.25, 0.3) is 0 Å². The smallest absolute Gasteiger partial charge is 0.114 e. The van der Waals surface area contributed by atoms with E-state index in [9.17, 15) is 0 Å². The van der Waals surface area contributed by atoms with Crippen LogP contribution in [0.5, 0.6) is 0 Å². The van der Waals surface area contributed by atoms with Crippen LogP contribution in [0.2, 0.25) is 0 Å². The second kappa shape index (κ2) is 11.2. The number of rotatable bonds is 5. The predicted molar refractivity (Wildman–Crippen MR) is 191 cm³/mol. The molecule has 0 spiro atoms. The maximum absolute atomic E-state index is 5.26. The lowest BCUT2D eigenvalue weighted by molar-refractivity contribution is 0.766. The standard InChI is InChI=1S/C42H27N5/c1-4-11-28(12-5-1)37-22-20-33-26-36(35-21-24-38(29-13-6-2-7-14-29)44-42(35)41(33)43-37)32-16-10-15-30(25-32)31-19-23-39-40(27-31)46-47(45-39)34-17-8-3-9-18-34/h1-27H. The van der Waals surface area contributed by atoms with E-state index in [0.717, 1.165) is 83.3 Å². The van der Waals surface area contributed by atoms with E-state index in [4.69, 9.17) is 20.2 Å². The molecule has 9 rings (SSSR count). The predicted octanol–water partition coefficient (Wildman–Crippen LogP) is 10.2. The van der Waals surface area contributed by atoms with Crippen molar-refractivity contribution in [2.45, 2.75) is 0 Å². The Kier molecular flexibility index (Phi) is 6.39. The lowest BCUT2D eigenvalue weighted by atomic mass is 9.94. The summed E-state index contributed by atoms with van der Waals surface area (Å²) < 4.78 is 0. The van der Waals surface area contributed by atoms with Crippen LogP contribution in [0.3, 0.4) is 0 Å². The number of benzene rings is 6. The molecule has 5 heteroatoms. The highest BCUT2D eigenvalue weighted by molar-refractivity contribution is 6.11. The van der Waals surface area contributed by atoms with Crippen molar-refractivity contribution in [2.75, 3.05) is 0 Å². The highest BCUT2D eigenvalue weighted by Gasteiger charge is 2.15. The van der Waals surface area contributed by atoms with Crippen LogP contribution in [0.15, 0.2) is 164 Å². The number of para-hydroxylation sites is 1. The Morgan fingerprint density at radius 3 is 1.72 bits per heavy atom. The van der Waals surface area contributed by atoms with Crippen molar-refractivity contribution in [2.24, 2.45) is 0 Å². The first kappa shape index (κ1) is 26.9. The Labute approximate surface area is 271 Å². The summed E-state index contributed by atoms with van der Waals surface area (Å²) in [6.45, 7) is 0. The summed E-state index contributed by atoms with van der Waals surface area (Å²) in [6, 6.07) is 56.4. The number of nitrogens with zero attached hydrogens (tertiary/aromatic N) is 5. The van der Waals surface area contributed by atoms with Crippen molar-refractivity contribution in [1.82, 2.24) is 25.0 Å². The van der Waals surface area contributed by atoms with Crippen LogP contribution in [-0.2, 0) is 0 Å². The van der Waals surface area contributed by atoms with E-state index in [1.807, 2.05) is 72.8 Å². The van der Waals surface area contributed by atoms with E-state index in [1.54, 1.807) is 4.80 Å². The molecular formula is C42H27N5. The minimum atomic E-state index is 0.853. The van der Waals surface area contributed by atoms with Crippen molar-refractivity contribution in [3.8, 4) is 50.5 Å². The third-order valence-corrected chi connectivity index (χ3v) is 8.65. The van der Waals surface area contributed by atoms with Crippen molar-refractivity contribution >= 4 is 32.8 Å². The lowest BCUT2D eigenvalue weighted by Gasteiger charge is -2.13. The summed E-state index contributed by atoms with van der Waals surface area (Å²) in [7, 11) is 0. The van der Waals surface area contributed by atoms with Gasteiger partial charge in [-0.2, -0.15) is 4.80 Å². The van der Waals surface area contributed by atoms with E-state index < -0.39 is 0 Å². The van der Waals surface area contributed by atoms with Gasteiger partial charge < -0.3 is 0 Å². The van der Waals surface area contributed by atoms with Gasteiger partial charge in [-0.3, -0.25) is 0 Å². The van der Waals surface area contributed by atoms with Crippen LogP contribution >= 0.6 is 0 Å². The first-order chi connectivity index (χ1) is 23.3. The number of aromatic nitrogens is 5. The quantitative estimate of drug-likeness (QED) is 0.184. The minimum Gasteiger partial charge on any atom is -0.245 e. The first-order valence-corrected chi connectivity index (χ1v) is 15.7. The molecule has 0 aliphatic rings. The van der Waals surface area contributed by atoms with E-state index in [1.165, 1.54) is 0 Å². The van der Waals surface area contributed by atoms with Gasteiger partial charge in [0.1, 0.15) is 11.0 Å².